The van der Waals surface area contributed by atoms with Crippen LogP contribution in [0.2, 0.25) is 0 Å². The summed E-state index contributed by atoms with van der Waals surface area (Å²) in [6, 6.07) is 11.5. The maximum atomic E-state index is 13.6. The van der Waals surface area contributed by atoms with Crippen LogP contribution in [0.1, 0.15) is 42.5 Å². The summed E-state index contributed by atoms with van der Waals surface area (Å²) in [7, 11) is 0. The lowest BCUT2D eigenvalue weighted by Crippen LogP contribution is -2.43. The number of benzene rings is 2. The third-order valence-corrected chi connectivity index (χ3v) is 6.16. The number of nitrogens with zero attached hydrogens (tertiary/aromatic N) is 1. The highest BCUT2D eigenvalue weighted by Crippen LogP contribution is 2.49. The van der Waals surface area contributed by atoms with Crippen molar-refractivity contribution in [2.45, 2.75) is 38.2 Å². The van der Waals surface area contributed by atoms with Crippen molar-refractivity contribution >= 4 is 17.4 Å². The summed E-state index contributed by atoms with van der Waals surface area (Å²) in [5, 5.41) is 10.4. The van der Waals surface area contributed by atoms with E-state index in [0.29, 0.717) is 43.5 Å². The molecule has 1 N–H and O–H groups in total. The minimum atomic E-state index is -0.739. The number of carbonyl (C=O) groups excluding carboxylic acids is 2. The number of rotatable bonds is 4. The van der Waals surface area contributed by atoms with Gasteiger partial charge in [-0.3, -0.25) is 9.59 Å². The molecular formula is C23H23F2NO3. The lowest BCUT2D eigenvalue weighted by atomic mass is 9.66. The van der Waals surface area contributed by atoms with Crippen molar-refractivity contribution in [3.63, 3.8) is 0 Å². The SMILES string of the molecule is O=C(C[C@@H]1C[C@@H](O)C[C@@]2(CCN(c3cccc(F)c3)C2=O)C1)c1cccc(F)c1. The van der Waals surface area contributed by atoms with Crippen molar-refractivity contribution in [2.24, 2.45) is 11.3 Å². The Kier molecular flexibility index (Phi) is 5.21. The smallest absolute Gasteiger partial charge is 0.233 e. The number of anilines is 1. The summed E-state index contributed by atoms with van der Waals surface area (Å²) < 4.78 is 27.0. The molecule has 1 saturated heterocycles. The van der Waals surface area contributed by atoms with Crippen LogP contribution in [0.3, 0.4) is 0 Å². The molecule has 1 aliphatic heterocycles. The Hall–Kier alpha value is -2.60. The molecule has 1 amide bonds. The maximum absolute atomic E-state index is 13.6. The van der Waals surface area contributed by atoms with Gasteiger partial charge in [0.2, 0.25) is 5.91 Å². The fourth-order valence-electron chi connectivity index (χ4n) is 4.93. The Morgan fingerprint density at radius 2 is 1.83 bits per heavy atom. The number of carbonyl (C=O) groups is 2. The molecule has 0 unspecified atom stereocenters. The number of aliphatic hydroxyl groups is 1. The average Bonchev–Trinajstić information content (AvgIpc) is 2.96. The van der Waals surface area contributed by atoms with E-state index in [1.165, 1.54) is 30.3 Å². The van der Waals surface area contributed by atoms with Crippen LogP contribution in [0.25, 0.3) is 0 Å². The second-order valence-corrected chi connectivity index (χ2v) is 8.27. The molecular weight excluding hydrogens is 376 g/mol. The van der Waals surface area contributed by atoms with Gasteiger partial charge in [0.15, 0.2) is 5.78 Å². The van der Waals surface area contributed by atoms with E-state index in [4.69, 9.17) is 0 Å². The number of hydrogen-bond acceptors (Lipinski definition) is 3. The monoisotopic (exact) mass is 399 g/mol. The Morgan fingerprint density at radius 1 is 1.10 bits per heavy atom. The summed E-state index contributed by atoms with van der Waals surface area (Å²) in [4.78, 5) is 27.4. The number of halogens is 2. The molecule has 6 heteroatoms. The maximum Gasteiger partial charge on any atom is 0.233 e. The normalized spacial score (nSPS) is 26.9. The number of hydrogen-bond donors (Lipinski definition) is 1. The number of Topliss-reactive ketones (excluding diaryl/α,β-unsaturated/α-hetero) is 1. The lowest BCUT2D eigenvalue weighted by Gasteiger charge is -2.39. The van der Waals surface area contributed by atoms with Crippen molar-refractivity contribution in [3.05, 3.63) is 65.7 Å². The Morgan fingerprint density at radius 3 is 2.55 bits per heavy atom. The molecule has 1 aliphatic carbocycles. The zero-order chi connectivity index (χ0) is 20.6. The van der Waals surface area contributed by atoms with Gasteiger partial charge in [-0.2, -0.15) is 0 Å². The Bertz CT molecular complexity index is 947. The standard InChI is InChI=1S/C23H23F2NO3/c24-17-4-1-3-16(11-17)21(28)10-15-9-20(27)14-23(13-15)7-8-26(22(23)29)19-6-2-5-18(25)12-19/h1-6,11-12,15,20,27H,7-10,13-14H2/t15-,20+,23+/m0/s1. The molecule has 0 aromatic heterocycles. The second-order valence-electron chi connectivity index (χ2n) is 8.27. The van der Waals surface area contributed by atoms with E-state index in [1.54, 1.807) is 23.1 Å². The average molecular weight is 399 g/mol. The van der Waals surface area contributed by atoms with Gasteiger partial charge in [0.1, 0.15) is 11.6 Å². The van der Waals surface area contributed by atoms with Crippen LogP contribution >= 0.6 is 0 Å². The minimum Gasteiger partial charge on any atom is -0.393 e. The molecule has 1 saturated carbocycles. The largest absolute Gasteiger partial charge is 0.393 e. The van der Waals surface area contributed by atoms with Gasteiger partial charge in [0, 0.05) is 24.2 Å². The molecule has 2 aliphatic rings. The molecule has 3 atom stereocenters. The highest BCUT2D eigenvalue weighted by Gasteiger charge is 2.51. The predicted octanol–water partition coefficient (Wildman–Crippen LogP) is 4.12. The topological polar surface area (TPSA) is 57.6 Å². The molecule has 2 aromatic rings. The first-order valence-corrected chi connectivity index (χ1v) is 9.91. The van der Waals surface area contributed by atoms with Gasteiger partial charge in [-0.05, 0) is 61.9 Å². The molecule has 2 aromatic carbocycles. The van der Waals surface area contributed by atoms with Crippen molar-refractivity contribution in [1.82, 2.24) is 0 Å². The first-order valence-electron chi connectivity index (χ1n) is 9.91. The summed E-state index contributed by atoms with van der Waals surface area (Å²) in [6.07, 6.45) is 1.33. The van der Waals surface area contributed by atoms with Crippen LogP contribution in [0, 0.1) is 23.0 Å². The van der Waals surface area contributed by atoms with Crippen LogP contribution in [0.5, 0.6) is 0 Å². The van der Waals surface area contributed by atoms with Gasteiger partial charge in [-0.1, -0.05) is 18.2 Å². The van der Waals surface area contributed by atoms with Crippen LogP contribution < -0.4 is 4.90 Å². The van der Waals surface area contributed by atoms with E-state index < -0.39 is 23.2 Å². The molecule has 0 bridgehead atoms. The molecule has 4 rings (SSSR count). The zero-order valence-corrected chi connectivity index (χ0v) is 16.0. The molecule has 1 spiro atoms. The fraction of sp³-hybridized carbons (Fsp3) is 0.391. The highest BCUT2D eigenvalue weighted by atomic mass is 19.1. The van der Waals surface area contributed by atoms with E-state index in [9.17, 15) is 23.5 Å². The Balaban J connectivity index is 1.51. The van der Waals surface area contributed by atoms with Crippen molar-refractivity contribution in [2.75, 3.05) is 11.4 Å². The van der Waals surface area contributed by atoms with Crippen LogP contribution in [0.15, 0.2) is 48.5 Å². The molecule has 29 heavy (non-hydrogen) atoms. The summed E-state index contributed by atoms with van der Waals surface area (Å²) in [6.45, 7) is 0.458. The van der Waals surface area contributed by atoms with E-state index in [0.717, 1.165) is 0 Å². The van der Waals surface area contributed by atoms with E-state index in [2.05, 4.69) is 0 Å². The van der Waals surface area contributed by atoms with Gasteiger partial charge in [-0.25, -0.2) is 8.78 Å². The first-order chi connectivity index (χ1) is 13.9. The molecule has 4 nitrogen and oxygen atoms in total. The third-order valence-electron chi connectivity index (χ3n) is 6.16. The predicted molar refractivity (Wildman–Crippen MR) is 104 cm³/mol. The molecule has 152 valence electrons. The van der Waals surface area contributed by atoms with Crippen LogP contribution in [-0.2, 0) is 4.79 Å². The molecule has 0 radical (unpaired) electrons. The zero-order valence-electron chi connectivity index (χ0n) is 16.0. The van der Waals surface area contributed by atoms with E-state index in [1.807, 2.05) is 0 Å². The third kappa shape index (κ3) is 3.94. The summed E-state index contributed by atoms with van der Waals surface area (Å²) in [5.74, 6) is -1.34. The molecule has 1 heterocycles. The van der Waals surface area contributed by atoms with Crippen LogP contribution in [-0.4, -0.2) is 29.4 Å². The summed E-state index contributed by atoms with van der Waals surface area (Å²) in [5.41, 5.74) is 0.0780. The van der Waals surface area contributed by atoms with Crippen LogP contribution in [0.4, 0.5) is 14.5 Å². The van der Waals surface area contributed by atoms with Gasteiger partial charge in [0.05, 0.1) is 11.5 Å². The number of aliphatic hydroxyl groups excluding tert-OH is 1. The van der Waals surface area contributed by atoms with E-state index >= 15 is 0 Å². The number of ketones is 1. The van der Waals surface area contributed by atoms with E-state index in [-0.39, 0.29) is 24.0 Å². The highest BCUT2D eigenvalue weighted by molar-refractivity contribution is 6.00. The lowest BCUT2D eigenvalue weighted by molar-refractivity contribution is -0.130. The van der Waals surface area contributed by atoms with Crippen molar-refractivity contribution in [1.29, 1.82) is 0 Å². The van der Waals surface area contributed by atoms with Crippen molar-refractivity contribution in [3.8, 4) is 0 Å². The quantitative estimate of drug-likeness (QED) is 0.787. The molecule has 2 fully saturated rings. The van der Waals surface area contributed by atoms with Gasteiger partial charge in [-0.15, -0.1) is 0 Å². The first kappa shape index (κ1) is 19.7. The minimum absolute atomic E-state index is 0.120. The van der Waals surface area contributed by atoms with Crippen molar-refractivity contribution < 1.29 is 23.5 Å². The summed E-state index contributed by atoms with van der Waals surface area (Å²) >= 11 is 0. The Labute approximate surface area is 168 Å². The second kappa shape index (κ2) is 7.67. The van der Waals surface area contributed by atoms with Gasteiger partial charge in [0.25, 0.3) is 0 Å². The van der Waals surface area contributed by atoms with Gasteiger partial charge < -0.3 is 10.0 Å². The number of amides is 1. The fourth-order valence-corrected chi connectivity index (χ4v) is 4.93. The van der Waals surface area contributed by atoms with Gasteiger partial charge >= 0.3 is 0 Å².